The van der Waals surface area contributed by atoms with E-state index in [-0.39, 0.29) is 5.91 Å². The highest BCUT2D eigenvalue weighted by atomic mass is 79.9. The Morgan fingerprint density at radius 1 is 0.875 bits per heavy atom. The largest absolute Gasteiger partial charge is 0.272 e. The summed E-state index contributed by atoms with van der Waals surface area (Å²) in [6.07, 6.45) is 3.40. The van der Waals surface area contributed by atoms with E-state index in [1.54, 1.807) is 18.5 Å². The maximum absolute atomic E-state index is 12.4. The molecule has 0 atom stereocenters. The number of halogens is 1. The number of hydrazone groups is 1. The number of benzene rings is 2. The number of amides is 1. The van der Waals surface area contributed by atoms with Crippen molar-refractivity contribution in [3.63, 3.8) is 0 Å². The zero-order valence-electron chi connectivity index (χ0n) is 12.7. The van der Waals surface area contributed by atoms with Crippen molar-refractivity contribution in [1.82, 2.24) is 10.4 Å². The molecule has 1 aromatic heterocycles. The molecule has 1 amide bonds. The summed E-state index contributed by atoms with van der Waals surface area (Å²) in [5, 5.41) is 4.35. The first kappa shape index (κ1) is 16.1. The van der Waals surface area contributed by atoms with Gasteiger partial charge in [-0.15, -0.1) is 0 Å². The lowest BCUT2D eigenvalue weighted by molar-refractivity contribution is 0.0954. The van der Waals surface area contributed by atoms with E-state index < -0.39 is 0 Å². The Morgan fingerprint density at radius 2 is 1.50 bits per heavy atom. The van der Waals surface area contributed by atoms with Crippen molar-refractivity contribution in [2.75, 3.05) is 0 Å². The summed E-state index contributed by atoms with van der Waals surface area (Å²) in [6.45, 7) is 0. The van der Waals surface area contributed by atoms with Crippen LogP contribution in [0.2, 0.25) is 0 Å². The van der Waals surface area contributed by atoms with Gasteiger partial charge in [-0.3, -0.25) is 9.78 Å². The summed E-state index contributed by atoms with van der Waals surface area (Å²) in [7, 11) is 0. The Kier molecular flexibility index (Phi) is 5.13. The number of rotatable bonds is 4. The quantitative estimate of drug-likeness (QED) is 0.549. The number of carbonyl (C=O) groups excluding carboxylic acids is 1. The van der Waals surface area contributed by atoms with Crippen molar-refractivity contribution in [2.24, 2.45) is 5.10 Å². The summed E-state index contributed by atoms with van der Waals surface area (Å²) < 4.78 is 0.725. The molecule has 0 fully saturated rings. The zero-order chi connectivity index (χ0) is 16.8. The molecule has 2 aromatic carbocycles. The third kappa shape index (κ3) is 3.75. The molecule has 0 saturated carbocycles. The molecule has 0 aliphatic heterocycles. The van der Waals surface area contributed by atoms with Crippen molar-refractivity contribution in [2.45, 2.75) is 0 Å². The Bertz CT molecular complexity index is 823. The van der Waals surface area contributed by atoms with Gasteiger partial charge in [-0.25, -0.2) is 5.43 Å². The number of hydrogen-bond donors (Lipinski definition) is 1. The molecule has 24 heavy (non-hydrogen) atoms. The van der Waals surface area contributed by atoms with Crippen molar-refractivity contribution in [3.8, 4) is 0 Å². The van der Waals surface area contributed by atoms with Gasteiger partial charge in [0.05, 0.1) is 11.3 Å². The van der Waals surface area contributed by atoms with Gasteiger partial charge in [-0.1, -0.05) is 42.5 Å². The zero-order valence-corrected chi connectivity index (χ0v) is 14.3. The first-order chi connectivity index (χ1) is 11.8. The Labute approximate surface area is 148 Å². The first-order valence-corrected chi connectivity index (χ1v) is 8.13. The van der Waals surface area contributed by atoms with Crippen LogP contribution in [0.15, 0.2) is 88.7 Å². The van der Waals surface area contributed by atoms with Crippen LogP contribution in [0.5, 0.6) is 0 Å². The summed E-state index contributed by atoms with van der Waals surface area (Å²) in [5.74, 6) is -0.273. The average molecular weight is 380 g/mol. The predicted octanol–water partition coefficient (Wildman–Crippen LogP) is 4.03. The third-order valence-corrected chi connectivity index (χ3v) is 4.08. The minimum absolute atomic E-state index is 0.273. The van der Waals surface area contributed by atoms with Crippen LogP contribution in [0.4, 0.5) is 0 Å². The molecule has 118 valence electrons. The van der Waals surface area contributed by atoms with E-state index in [1.165, 1.54) is 0 Å². The van der Waals surface area contributed by atoms with Crippen LogP contribution in [-0.4, -0.2) is 16.6 Å². The Hall–Kier alpha value is -2.79. The van der Waals surface area contributed by atoms with Crippen molar-refractivity contribution < 1.29 is 4.79 Å². The molecule has 5 heteroatoms. The fourth-order valence-corrected chi connectivity index (χ4v) is 2.68. The van der Waals surface area contributed by atoms with Crippen LogP contribution in [0.1, 0.15) is 21.5 Å². The summed E-state index contributed by atoms with van der Waals surface area (Å²) in [4.78, 5) is 16.4. The topological polar surface area (TPSA) is 54.4 Å². The lowest BCUT2D eigenvalue weighted by Gasteiger charge is -2.08. The van der Waals surface area contributed by atoms with Crippen LogP contribution in [0.25, 0.3) is 0 Å². The number of carbonyl (C=O) groups is 1. The third-order valence-electron chi connectivity index (χ3n) is 3.39. The molecule has 1 heterocycles. The molecular weight excluding hydrogens is 366 g/mol. The Balaban J connectivity index is 1.93. The molecule has 4 nitrogen and oxygen atoms in total. The molecule has 0 bridgehead atoms. The maximum Gasteiger partial charge on any atom is 0.272 e. The second-order valence-electron chi connectivity index (χ2n) is 4.98. The number of nitrogens with zero attached hydrogens (tertiary/aromatic N) is 2. The molecule has 0 radical (unpaired) electrons. The van der Waals surface area contributed by atoms with Crippen LogP contribution in [-0.2, 0) is 0 Å². The highest BCUT2D eigenvalue weighted by Crippen LogP contribution is 2.16. The lowest BCUT2D eigenvalue weighted by Crippen LogP contribution is -2.21. The minimum Gasteiger partial charge on any atom is -0.267 e. The van der Waals surface area contributed by atoms with Crippen molar-refractivity contribution >= 4 is 27.5 Å². The monoisotopic (exact) mass is 379 g/mol. The maximum atomic E-state index is 12.4. The number of aromatic nitrogens is 1. The molecule has 0 saturated heterocycles. The summed E-state index contributed by atoms with van der Waals surface area (Å²) in [6, 6.07) is 20.6. The van der Waals surface area contributed by atoms with Gasteiger partial charge in [0.1, 0.15) is 0 Å². The fraction of sp³-hybridized carbons (Fsp3) is 0. The molecule has 0 unspecified atom stereocenters. The highest BCUT2D eigenvalue weighted by molar-refractivity contribution is 9.10. The van der Waals surface area contributed by atoms with Crippen molar-refractivity contribution in [1.29, 1.82) is 0 Å². The second kappa shape index (κ2) is 7.66. The number of nitrogens with one attached hydrogen (secondary N) is 1. The highest BCUT2D eigenvalue weighted by Gasteiger charge is 2.11. The van der Waals surface area contributed by atoms with Crippen LogP contribution in [0.3, 0.4) is 0 Å². The van der Waals surface area contributed by atoms with Crippen molar-refractivity contribution in [3.05, 3.63) is 100 Å². The standard InChI is InChI=1S/C19H14BrN3O/c20-17-9-5-4-8-16(17)19(24)23-22-18(14-6-2-1-3-7-14)15-10-12-21-13-11-15/h1-13H,(H,23,24). The SMILES string of the molecule is O=C(NN=C(c1ccccc1)c1ccncc1)c1ccccc1Br. The summed E-state index contributed by atoms with van der Waals surface area (Å²) >= 11 is 3.38. The second-order valence-corrected chi connectivity index (χ2v) is 5.84. The van der Waals surface area contributed by atoms with Crippen LogP contribution < -0.4 is 5.43 Å². The molecule has 0 spiro atoms. The van der Waals surface area contributed by atoms with Crippen LogP contribution in [0, 0.1) is 0 Å². The molecule has 1 N–H and O–H groups in total. The van der Waals surface area contributed by atoms with Gasteiger partial charge in [0.15, 0.2) is 0 Å². The molecule has 3 rings (SSSR count). The molecule has 3 aromatic rings. The number of pyridine rings is 1. The number of hydrogen-bond acceptors (Lipinski definition) is 3. The smallest absolute Gasteiger partial charge is 0.267 e. The molecular formula is C19H14BrN3O. The Morgan fingerprint density at radius 3 is 2.21 bits per heavy atom. The van der Waals surface area contributed by atoms with E-state index in [4.69, 9.17) is 0 Å². The van der Waals surface area contributed by atoms with Gasteiger partial charge in [0.25, 0.3) is 5.91 Å². The van der Waals surface area contributed by atoms with E-state index in [1.807, 2.05) is 60.7 Å². The van der Waals surface area contributed by atoms with E-state index in [9.17, 15) is 4.79 Å². The molecule has 0 aliphatic rings. The van der Waals surface area contributed by atoms with Gasteiger partial charge in [-0.05, 0) is 40.2 Å². The minimum atomic E-state index is -0.273. The average Bonchev–Trinajstić information content (AvgIpc) is 2.64. The van der Waals surface area contributed by atoms with E-state index in [0.717, 1.165) is 15.6 Å². The summed E-state index contributed by atoms with van der Waals surface area (Å²) in [5.41, 5.74) is 5.64. The van der Waals surface area contributed by atoms with E-state index in [2.05, 4.69) is 31.4 Å². The van der Waals surface area contributed by atoms with E-state index >= 15 is 0 Å². The van der Waals surface area contributed by atoms with Crippen LogP contribution >= 0.6 is 15.9 Å². The fourth-order valence-electron chi connectivity index (χ4n) is 2.21. The lowest BCUT2D eigenvalue weighted by atomic mass is 10.0. The van der Waals surface area contributed by atoms with Gasteiger partial charge >= 0.3 is 0 Å². The van der Waals surface area contributed by atoms with E-state index in [0.29, 0.717) is 11.3 Å². The van der Waals surface area contributed by atoms with Gasteiger partial charge < -0.3 is 0 Å². The van der Waals surface area contributed by atoms with Gasteiger partial charge in [0.2, 0.25) is 0 Å². The first-order valence-electron chi connectivity index (χ1n) is 7.34. The predicted molar refractivity (Wildman–Crippen MR) is 97.9 cm³/mol. The van der Waals surface area contributed by atoms with Gasteiger partial charge in [0, 0.05) is 28.0 Å². The normalized spacial score (nSPS) is 11.1. The van der Waals surface area contributed by atoms with Gasteiger partial charge in [-0.2, -0.15) is 5.10 Å². The molecule has 0 aliphatic carbocycles.